The van der Waals surface area contributed by atoms with E-state index in [-0.39, 0.29) is 11.5 Å². The minimum absolute atomic E-state index is 0.0756. The minimum atomic E-state index is -1.38. The standard InChI is InChI=1S/C15H17N3O5/c16-12(19)7-11(15(22)23)18-14(21)9-4-5-10-8(6-9)2-1-3-13(20)17-10/h4-6,11H,1-3,7H2,(H2,16,19)(H,17,20)(H,18,21)(H,22,23). The lowest BCUT2D eigenvalue weighted by atomic mass is 10.0. The molecule has 5 N–H and O–H groups in total. The fraction of sp³-hybridized carbons (Fsp3) is 0.333. The largest absolute Gasteiger partial charge is 0.480 e. The summed E-state index contributed by atoms with van der Waals surface area (Å²) in [6.07, 6.45) is 1.24. The highest BCUT2D eigenvalue weighted by Gasteiger charge is 2.23. The fourth-order valence-electron chi connectivity index (χ4n) is 2.36. The smallest absolute Gasteiger partial charge is 0.326 e. The number of benzene rings is 1. The van der Waals surface area contributed by atoms with Gasteiger partial charge < -0.3 is 21.5 Å². The van der Waals surface area contributed by atoms with Gasteiger partial charge in [0.05, 0.1) is 6.42 Å². The number of carboxylic acids is 1. The van der Waals surface area contributed by atoms with Crippen LogP contribution in [0.4, 0.5) is 5.69 Å². The lowest BCUT2D eigenvalue weighted by molar-refractivity contribution is -0.140. The minimum Gasteiger partial charge on any atom is -0.480 e. The van der Waals surface area contributed by atoms with Gasteiger partial charge in [0.1, 0.15) is 6.04 Å². The molecule has 2 rings (SSSR count). The van der Waals surface area contributed by atoms with Crippen molar-refractivity contribution in [1.29, 1.82) is 0 Å². The van der Waals surface area contributed by atoms with Crippen molar-refractivity contribution >= 4 is 29.4 Å². The molecule has 8 nitrogen and oxygen atoms in total. The van der Waals surface area contributed by atoms with E-state index in [1.54, 1.807) is 12.1 Å². The zero-order valence-electron chi connectivity index (χ0n) is 12.3. The number of nitrogens with one attached hydrogen (secondary N) is 2. The number of primary amides is 1. The normalized spacial score (nSPS) is 14.9. The Morgan fingerprint density at radius 1 is 1.30 bits per heavy atom. The number of fused-ring (bicyclic) bond motifs is 1. The third kappa shape index (κ3) is 4.29. The fourth-order valence-corrected chi connectivity index (χ4v) is 2.36. The third-order valence-electron chi connectivity index (χ3n) is 3.50. The molecule has 1 aromatic rings. The van der Waals surface area contributed by atoms with Crippen LogP contribution in [0.5, 0.6) is 0 Å². The van der Waals surface area contributed by atoms with E-state index >= 15 is 0 Å². The number of hydrogen-bond acceptors (Lipinski definition) is 4. The van der Waals surface area contributed by atoms with Crippen LogP contribution in [0.2, 0.25) is 0 Å². The highest BCUT2D eigenvalue weighted by molar-refractivity contribution is 5.99. The van der Waals surface area contributed by atoms with Crippen molar-refractivity contribution in [3.63, 3.8) is 0 Å². The summed E-state index contributed by atoms with van der Waals surface area (Å²) >= 11 is 0. The Hall–Kier alpha value is -2.90. The Kier molecular flexibility index (Phi) is 4.95. The van der Waals surface area contributed by atoms with Gasteiger partial charge in [0, 0.05) is 17.7 Å². The van der Waals surface area contributed by atoms with E-state index in [2.05, 4.69) is 10.6 Å². The molecular formula is C15H17N3O5. The van der Waals surface area contributed by atoms with Gasteiger partial charge in [0.25, 0.3) is 5.91 Å². The van der Waals surface area contributed by atoms with E-state index in [1.807, 2.05) is 0 Å². The zero-order valence-corrected chi connectivity index (χ0v) is 12.3. The lowest BCUT2D eigenvalue weighted by Crippen LogP contribution is -2.43. The monoisotopic (exact) mass is 319 g/mol. The van der Waals surface area contributed by atoms with Gasteiger partial charge >= 0.3 is 5.97 Å². The zero-order chi connectivity index (χ0) is 17.0. The summed E-state index contributed by atoms with van der Waals surface area (Å²) in [5.41, 5.74) is 6.69. The number of rotatable bonds is 5. The van der Waals surface area contributed by atoms with Crippen molar-refractivity contribution in [2.45, 2.75) is 31.7 Å². The molecule has 1 aliphatic rings. The molecule has 0 bridgehead atoms. The number of carbonyl (C=O) groups is 4. The van der Waals surface area contributed by atoms with Crippen LogP contribution in [-0.4, -0.2) is 34.8 Å². The average Bonchev–Trinajstić information content (AvgIpc) is 2.65. The quantitative estimate of drug-likeness (QED) is 0.606. The molecule has 0 radical (unpaired) electrons. The van der Waals surface area contributed by atoms with Crippen molar-refractivity contribution in [2.24, 2.45) is 5.73 Å². The second-order valence-corrected chi connectivity index (χ2v) is 5.31. The van der Waals surface area contributed by atoms with E-state index in [0.29, 0.717) is 24.9 Å². The summed E-state index contributed by atoms with van der Waals surface area (Å²) in [5, 5.41) is 14.0. The molecule has 122 valence electrons. The molecule has 1 heterocycles. The topological polar surface area (TPSA) is 139 Å². The van der Waals surface area contributed by atoms with E-state index in [4.69, 9.17) is 10.8 Å². The average molecular weight is 319 g/mol. The lowest BCUT2D eigenvalue weighted by Gasteiger charge is -2.14. The Morgan fingerprint density at radius 2 is 2.04 bits per heavy atom. The van der Waals surface area contributed by atoms with Crippen molar-refractivity contribution in [2.75, 3.05) is 5.32 Å². The van der Waals surface area contributed by atoms with Gasteiger partial charge in [-0.1, -0.05) is 0 Å². The van der Waals surface area contributed by atoms with Crippen molar-refractivity contribution < 1.29 is 24.3 Å². The van der Waals surface area contributed by atoms with Gasteiger partial charge in [-0.05, 0) is 36.6 Å². The highest BCUT2D eigenvalue weighted by Crippen LogP contribution is 2.23. The Labute approximate surface area is 132 Å². The number of nitrogens with two attached hydrogens (primary N) is 1. The first-order chi connectivity index (χ1) is 10.9. The molecule has 1 unspecified atom stereocenters. The first-order valence-corrected chi connectivity index (χ1v) is 7.11. The molecule has 0 saturated heterocycles. The summed E-state index contributed by atoms with van der Waals surface area (Å²) < 4.78 is 0. The molecule has 3 amide bonds. The van der Waals surface area contributed by atoms with E-state index in [0.717, 1.165) is 5.56 Å². The SMILES string of the molecule is NC(=O)CC(NC(=O)c1ccc2c(c1)CCCC(=O)N2)C(=O)O. The maximum absolute atomic E-state index is 12.2. The highest BCUT2D eigenvalue weighted by atomic mass is 16.4. The number of anilines is 1. The molecule has 1 aliphatic heterocycles. The van der Waals surface area contributed by atoms with Gasteiger partial charge in [0.2, 0.25) is 11.8 Å². The Bertz CT molecular complexity index is 671. The molecule has 0 saturated carbocycles. The molecule has 1 aromatic carbocycles. The summed E-state index contributed by atoms with van der Waals surface area (Å²) in [6.45, 7) is 0. The van der Waals surface area contributed by atoms with Crippen LogP contribution < -0.4 is 16.4 Å². The predicted octanol–water partition coefficient (Wildman–Crippen LogP) is 0.0198. The molecular weight excluding hydrogens is 302 g/mol. The molecule has 23 heavy (non-hydrogen) atoms. The Balaban J connectivity index is 2.16. The van der Waals surface area contributed by atoms with Crippen molar-refractivity contribution in [3.8, 4) is 0 Å². The number of carbonyl (C=O) groups excluding carboxylic acids is 3. The summed E-state index contributed by atoms with van der Waals surface area (Å²) in [6, 6.07) is 3.33. The molecule has 0 spiro atoms. The van der Waals surface area contributed by atoms with E-state index in [9.17, 15) is 19.2 Å². The van der Waals surface area contributed by atoms with Crippen LogP contribution >= 0.6 is 0 Å². The van der Waals surface area contributed by atoms with Crippen molar-refractivity contribution in [1.82, 2.24) is 5.32 Å². The number of amides is 3. The van der Waals surface area contributed by atoms with Gasteiger partial charge in [-0.3, -0.25) is 14.4 Å². The van der Waals surface area contributed by atoms with Crippen LogP contribution in [0.1, 0.15) is 35.2 Å². The molecule has 8 heteroatoms. The van der Waals surface area contributed by atoms with Gasteiger partial charge in [-0.2, -0.15) is 0 Å². The third-order valence-corrected chi connectivity index (χ3v) is 3.50. The maximum Gasteiger partial charge on any atom is 0.326 e. The van der Waals surface area contributed by atoms with Crippen LogP contribution in [0.15, 0.2) is 18.2 Å². The summed E-state index contributed by atoms with van der Waals surface area (Å²) in [7, 11) is 0. The second-order valence-electron chi connectivity index (χ2n) is 5.31. The first kappa shape index (κ1) is 16.5. The van der Waals surface area contributed by atoms with Gasteiger partial charge in [0.15, 0.2) is 0 Å². The number of carboxylic acid groups (broad SMARTS) is 1. The van der Waals surface area contributed by atoms with Crippen LogP contribution in [-0.2, 0) is 20.8 Å². The van der Waals surface area contributed by atoms with E-state index in [1.165, 1.54) is 6.07 Å². The Morgan fingerprint density at radius 3 is 2.70 bits per heavy atom. The molecule has 0 aliphatic carbocycles. The number of aliphatic carboxylic acids is 1. The summed E-state index contributed by atoms with van der Waals surface area (Å²) in [4.78, 5) is 45.6. The number of aryl methyl sites for hydroxylation is 1. The molecule has 1 atom stereocenters. The van der Waals surface area contributed by atoms with Gasteiger partial charge in [-0.15, -0.1) is 0 Å². The maximum atomic E-state index is 12.2. The van der Waals surface area contributed by atoms with Crippen LogP contribution in [0.25, 0.3) is 0 Å². The van der Waals surface area contributed by atoms with E-state index < -0.39 is 30.2 Å². The first-order valence-electron chi connectivity index (χ1n) is 7.11. The summed E-state index contributed by atoms with van der Waals surface area (Å²) in [5.74, 6) is -2.84. The second kappa shape index (κ2) is 6.91. The molecule has 0 aromatic heterocycles. The molecule has 0 fully saturated rings. The van der Waals surface area contributed by atoms with Crippen molar-refractivity contribution in [3.05, 3.63) is 29.3 Å². The van der Waals surface area contributed by atoms with Crippen LogP contribution in [0, 0.1) is 0 Å². The number of hydrogen-bond donors (Lipinski definition) is 4. The van der Waals surface area contributed by atoms with Gasteiger partial charge in [-0.25, -0.2) is 4.79 Å². The predicted molar refractivity (Wildman–Crippen MR) is 80.7 cm³/mol. The van der Waals surface area contributed by atoms with Crippen LogP contribution in [0.3, 0.4) is 0 Å².